The van der Waals surface area contributed by atoms with E-state index in [0.717, 1.165) is 5.56 Å². The third kappa shape index (κ3) is 5.98. The van der Waals surface area contributed by atoms with Crippen LogP contribution >= 0.6 is 0 Å². The van der Waals surface area contributed by atoms with E-state index in [1.54, 1.807) is 19.0 Å². The molecule has 0 aliphatic carbocycles. The monoisotopic (exact) mass is 305 g/mol. The first-order valence-corrected chi connectivity index (χ1v) is 7.73. The average molecular weight is 305 g/mol. The molecule has 0 bridgehead atoms. The summed E-state index contributed by atoms with van der Waals surface area (Å²) in [6.45, 7) is 6.08. The minimum absolute atomic E-state index is 0.00837. The second-order valence-electron chi connectivity index (χ2n) is 6.34. The summed E-state index contributed by atoms with van der Waals surface area (Å²) < 4.78 is 5.47. The van der Waals surface area contributed by atoms with Gasteiger partial charge in [0.1, 0.15) is 0 Å². The van der Waals surface area contributed by atoms with Gasteiger partial charge in [-0.25, -0.2) is 0 Å². The van der Waals surface area contributed by atoms with Gasteiger partial charge in [0.05, 0.1) is 6.54 Å². The molecule has 1 aromatic rings. The van der Waals surface area contributed by atoms with Crippen molar-refractivity contribution in [3.8, 4) is 0 Å². The molecule has 0 saturated heterocycles. The minimum atomic E-state index is -0.716. The molecule has 2 unspecified atom stereocenters. The van der Waals surface area contributed by atoms with Crippen molar-refractivity contribution in [3.63, 3.8) is 0 Å². The molecule has 0 amide bonds. The first-order chi connectivity index (χ1) is 10.3. The van der Waals surface area contributed by atoms with E-state index >= 15 is 0 Å². The number of nitrogens with zero attached hydrogens (tertiary/aromatic N) is 1. The Morgan fingerprint density at radius 1 is 1.09 bits per heavy atom. The van der Waals surface area contributed by atoms with Crippen molar-refractivity contribution in [3.05, 3.63) is 35.9 Å². The summed E-state index contributed by atoms with van der Waals surface area (Å²) in [6.07, 6.45) is -0.289. The smallest absolute Gasteiger partial charge is 0.320 e. The third-order valence-corrected chi connectivity index (χ3v) is 3.75. The fourth-order valence-electron chi connectivity index (χ4n) is 2.10. The molecule has 0 N–H and O–H groups in total. The van der Waals surface area contributed by atoms with E-state index in [9.17, 15) is 9.59 Å². The summed E-state index contributed by atoms with van der Waals surface area (Å²) in [4.78, 5) is 26.3. The van der Waals surface area contributed by atoms with E-state index in [-0.39, 0.29) is 30.1 Å². The van der Waals surface area contributed by atoms with Crippen LogP contribution in [0.25, 0.3) is 0 Å². The number of hydrogen-bond acceptors (Lipinski definition) is 4. The Balaban J connectivity index is 2.85. The number of Topliss-reactive ketones (excluding diaryl/α,β-unsaturated/α-hetero) is 1. The number of carbonyl (C=O) groups is 2. The fraction of sp³-hybridized carbons (Fsp3) is 0.556. The van der Waals surface area contributed by atoms with E-state index in [1.807, 2.05) is 51.1 Å². The zero-order valence-corrected chi connectivity index (χ0v) is 14.2. The molecule has 0 aliphatic rings. The molecule has 0 heterocycles. The van der Waals surface area contributed by atoms with Crippen LogP contribution in [0.1, 0.15) is 26.3 Å². The molecule has 0 spiro atoms. The fourth-order valence-corrected chi connectivity index (χ4v) is 2.10. The van der Waals surface area contributed by atoms with Crippen LogP contribution in [-0.2, 0) is 20.7 Å². The van der Waals surface area contributed by atoms with Crippen LogP contribution in [0.15, 0.2) is 30.3 Å². The maximum absolute atomic E-state index is 12.6. The SMILES string of the molecule is CC(C)C(C)C(=O)C(Cc1ccccc1)OC(=O)CN(C)C. The summed E-state index contributed by atoms with van der Waals surface area (Å²) in [6, 6.07) is 9.66. The zero-order chi connectivity index (χ0) is 16.7. The molecule has 1 rings (SSSR count). The molecule has 1 aromatic carbocycles. The van der Waals surface area contributed by atoms with Gasteiger partial charge in [0, 0.05) is 12.3 Å². The molecule has 22 heavy (non-hydrogen) atoms. The summed E-state index contributed by atoms with van der Waals surface area (Å²) in [5.74, 6) is -0.291. The molecule has 0 saturated carbocycles. The Bertz CT molecular complexity index is 482. The van der Waals surface area contributed by atoms with Crippen LogP contribution in [0.3, 0.4) is 0 Å². The lowest BCUT2D eigenvalue weighted by Crippen LogP contribution is -2.37. The van der Waals surface area contributed by atoms with Crippen LogP contribution < -0.4 is 0 Å². The quantitative estimate of drug-likeness (QED) is 0.693. The summed E-state index contributed by atoms with van der Waals surface area (Å²) >= 11 is 0. The van der Waals surface area contributed by atoms with Gasteiger partial charge in [-0.05, 0) is 25.6 Å². The van der Waals surface area contributed by atoms with E-state index < -0.39 is 6.10 Å². The van der Waals surface area contributed by atoms with Crippen molar-refractivity contribution in [1.29, 1.82) is 0 Å². The number of hydrogen-bond donors (Lipinski definition) is 0. The number of rotatable bonds is 8. The van der Waals surface area contributed by atoms with Gasteiger partial charge in [-0.2, -0.15) is 0 Å². The summed E-state index contributed by atoms with van der Waals surface area (Å²) in [5.41, 5.74) is 0.995. The van der Waals surface area contributed by atoms with Gasteiger partial charge in [-0.1, -0.05) is 51.1 Å². The molecule has 0 radical (unpaired) electrons. The lowest BCUT2D eigenvalue weighted by atomic mass is 9.88. The number of ether oxygens (including phenoxy) is 1. The maximum atomic E-state index is 12.6. The van der Waals surface area contributed by atoms with E-state index in [0.29, 0.717) is 6.42 Å². The number of likely N-dealkylation sites (N-methyl/N-ethyl adjacent to an activating group) is 1. The van der Waals surface area contributed by atoms with E-state index in [2.05, 4.69) is 0 Å². The van der Waals surface area contributed by atoms with Gasteiger partial charge in [0.15, 0.2) is 11.9 Å². The lowest BCUT2D eigenvalue weighted by Gasteiger charge is -2.23. The predicted molar refractivity (Wildman–Crippen MR) is 87.6 cm³/mol. The average Bonchev–Trinajstić information content (AvgIpc) is 2.45. The second kappa shape index (κ2) is 8.69. The Labute approximate surface area is 133 Å². The zero-order valence-electron chi connectivity index (χ0n) is 14.2. The highest BCUT2D eigenvalue weighted by Crippen LogP contribution is 2.17. The first-order valence-electron chi connectivity index (χ1n) is 7.73. The molecule has 0 fully saturated rings. The van der Waals surface area contributed by atoms with Crippen molar-refractivity contribution in [1.82, 2.24) is 4.90 Å². The number of benzene rings is 1. The standard InChI is InChI=1S/C18H27NO3/c1-13(2)14(3)18(21)16(22-17(20)12-19(4)5)11-15-9-7-6-8-10-15/h6-10,13-14,16H,11-12H2,1-5H3. The number of carbonyl (C=O) groups excluding carboxylic acids is 2. The highest BCUT2D eigenvalue weighted by atomic mass is 16.5. The van der Waals surface area contributed by atoms with Gasteiger partial charge >= 0.3 is 5.97 Å². The van der Waals surface area contributed by atoms with Crippen molar-refractivity contribution < 1.29 is 14.3 Å². The van der Waals surface area contributed by atoms with Crippen LogP contribution in [0.2, 0.25) is 0 Å². The predicted octanol–water partition coefficient (Wildman–Crippen LogP) is 2.56. The van der Waals surface area contributed by atoms with Gasteiger partial charge in [-0.15, -0.1) is 0 Å². The van der Waals surface area contributed by atoms with Crippen LogP contribution in [0.5, 0.6) is 0 Å². The molecule has 4 nitrogen and oxygen atoms in total. The summed E-state index contributed by atoms with van der Waals surface area (Å²) in [7, 11) is 3.60. The van der Waals surface area contributed by atoms with Crippen molar-refractivity contribution in [2.75, 3.05) is 20.6 Å². The molecule has 0 aliphatic heterocycles. The van der Waals surface area contributed by atoms with Crippen molar-refractivity contribution >= 4 is 11.8 Å². The Morgan fingerprint density at radius 2 is 1.68 bits per heavy atom. The Hall–Kier alpha value is -1.68. The molecule has 2 atom stereocenters. The van der Waals surface area contributed by atoms with Gasteiger partial charge < -0.3 is 4.74 Å². The molecule has 4 heteroatoms. The highest BCUT2D eigenvalue weighted by Gasteiger charge is 2.29. The Kier molecular flexibility index (Phi) is 7.25. The molecule has 122 valence electrons. The van der Waals surface area contributed by atoms with E-state index in [1.165, 1.54) is 0 Å². The van der Waals surface area contributed by atoms with E-state index in [4.69, 9.17) is 4.74 Å². The van der Waals surface area contributed by atoms with Crippen molar-refractivity contribution in [2.24, 2.45) is 11.8 Å². The number of ketones is 1. The topological polar surface area (TPSA) is 46.6 Å². The van der Waals surface area contributed by atoms with Gasteiger partial charge in [0.25, 0.3) is 0 Å². The van der Waals surface area contributed by atoms with Crippen LogP contribution in [0.4, 0.5) is 0 Å². The van der Waals surface area contributed by atoms with Crippen LogP contribution in [-0.4, -0.2) is 43.4 Å². The minimum Gasteiger partial charge on any atom is -0.453 e. The maximum Gasteiger partial charge on any atom is 0.320 e. The first kappa shape index (κ1) is 18.4. The van der Waals surface area contributed by atoms with Gasteiger partial charge in [-0.3, -0.25) is 14.5 Å². The summed E-state index contributed by atoms with van der Waals surface area (Å²) in [5, 5.41) is 0. The normalized spacial score (nSPS) is 14.0. The largest absolute Gasteiger partial charge is 0.453 e. The molecular weight excluding hydrogens is 278 g/mol. The van der Waals surface area contributed by atoms with Gasteiger partial charge in [0.2, 0.25) is 0 Å². The van der Waals surface area contributed by atoms with Crippen LogP contribution in [0, 0.1) is 11.8 Å². The highest BCUT2D eigenvalue weighted by molar-refractivity contribution is 5.88. The molecular formula is C18H27NO3. The third-order valence-electron chi connectivity index (χ3n) is 3.75. The molecule has 0 aromatic heterocycles. The van der Waals surface area contributed by atoms with Crippen molar-refractivity contribution in [2.45, 2.75) is 33.3 Å². The second-order valence-corrected chi connectivity index (χ2v) is 6.34. The number of esters is 1. The lowest BCUT2D eigenvalue weighted by molar-refractivity contribution is -0.157. The Morgan fingerprint density at radius 3 is 2.18 bits per heavy atom.